The lowest BCUT2D eigenvalue weighted by molar-refractivity contribution is 0.796. The Hall–Kier alpha value is -1.61. The highest BCUT2D eigenvalue weighted by atomic mass is 127. The first-order valence-electron chi connectivity index (χ1n) is 9.15. The van der Waals surface area contributed by atoms with E-state index in [0.717, 1.165) is 49.1 Å². The normalized spacial score (nSPS) is 11.4. The summed E-state index contributed by atoms with van der Waals surface area (Å²) in [5.74, 6) is 0.870. The summed E-state index contributed by atoms with van der Waals surface area (Å²) in [6, 6.07) is 6.56. The van der Waals surface area contributed by atoms with Crippen LogP contribution in [0.25, 0.3) is 10.9 Å². The quantitative estimate of drug-likeness (QED) is 0.261. The molecule has 27 heavy (non-hydrogen) atoms. The number of aromatic amines is 1. The summed E-state index contributed by atoms with van der Waals surface area (Å²) >= 11 is 1.69. The predicted octanol–water partition coefficient (Wildman–Crippen LogP) is 4.20. The number of fused-ring (bicyclic) bond motifs is 1. The Labute approximate surface area is 182 Å². The third-order valence-electron chi connectivity index (χ3n) is 4.26. The van der Waals surface area contributed by atoms with Gasteiger partial charge in [-0.1, -0.05) is 12.1 Å². The number of aromatic nitrogens is 2. The SMILES string of the molecule is CCNC(=NCCc1csc(C)n1)NCCc1c[nH]c2cc(C)ccc12.I. The molecule has 0 aliphatic carbocycles. The molecule has 146 valence electrons. The van der Waals surface area contributed by atoms with Gasteiger partial charge in [-0.15, -0.1) is 35.3 Å². The number of nitrogens with one attached hydrogen (secondary N) is 3. The van der Waals surface area contributed by atoms with Gasteiger partial charge in [-0.3, -0.25) is 4.99 Å². The molecule has 0 radical (unpaired) electrons. The molecule has 3 rings (SSSR count). The van der Waals surface area contributed by atoms with E-state index in [2.05, 4.69) is 69.2 Å². The van der Waals surface area contributed by atoms with Gasteiger partial charge >= 0.3 is 0 Å². The zero-order valence-electron chi connectivity index (χ0n) is 16.1. The van der Waals surface area contributed by atoms with Gasteiger partial charge in [0.05, 0.1) is 10.7 Å². The summed E-state index contributed by atoms with van der Waals surface area (Å²) in [5.41, 5.74) is 4.95. The van der Waals surface area contributed by atoms with Crippen LogP contribution in [-0.2, 0) is 12.8 Å². The van der Waals surface area contributed by atoms with Crippen LogP contribution in [0.5, 0.6) is 0 Å². The number of halogens is 1. The van der Waals surface area contributed by atoms with Crippen LogP contribution in [0.4, 0.5) is 0 Å². The Balaban J connectivity index is 0.00000261. The average molecular weight is 497 g/mol. The molecule has 2 heterocycles. The van der Waals surface area contributed by atoms with E-state index in [1.54, 1.807) is 11.3 Å². The van der Waals surface area contributed by atoms with Gasteiger partial charge in [0.2, 0.25) is 0 Å². The molecule has 7 heteroatoms. The number of hydrogen-bond acceptors (Lipinski definition) is 3. The van der Waals surface area contributed by atoms with Crippen molar-refractivity contribution in [3.05, 3.63) is 51.6 Å². The summed E-state index contributed by atoms with van der Waals surface area (Å²) in [5, 5.41) is 11.3. The molecule has 3 aromatic rings. The Morgan fingerprint density at radius 3 is 2.81 bits per heavy atom. The lowest BCUT2D eigenvalue weighted by atomic mass is 10.1. The van der Waals surface area contributed by atoms with E-state index in [-0.39, 0.29) is 24.0 Å². The molecule has 0 atom stereocenters. The van der Waals surface area contributed by atoms with E-state index in [1.807, 2.05) is 6.92 Å². The van der Waals surface area contributed by atoms with Crippen LogP contribution in [-0.4, -0.2) is 35.6 Å². The number of nitrogens with zero attached hydrogens (tertiary/aromatic N) is 2. The first-order valence-corrected chi connectivity index (χ1v) is 10.0. The van der Waals surface area contributed by atoms with Crippen LogP contribution < -0.4 is 10.6 Å². The maximum Gasteiger partial charge on any atom is 0.191 e. The molecule has 0 aliphatic rings. The summed E-state index contributed by atoms with van der Waals surface area (Å²) in [6.45, 7) is 8.69. The molecule has 0 saturated heterocycles. The van der Waals surface area contributed by atoms with Gasteiger partial charge in [-0.05, 0) is 44.4 Å². The number of H-pyrrole nitrogens is 1. The van der Waals surface area contributed by atoms with Gasteiger partial charge < -0.3 is 15.6 Å². The number of aryl methyl sites for hydroxylation is 2. The Bertz CT molecular complexity index is 884. The molecule has 1 aromatic carbocycles. The first-order chi connectivity index (χ1) is 12.7. The van der Waals surface area contributed by atoms with E-state index in [1.165, 1.54) is 22.0 Å². The number of thiazole rings is 1. The molecule has 0 amide bonds. The van der Waals surface area contributed by atoms with Crippen molar-refractivity contribution < 1.29 is 0 Å². The second-order valence-electron chi connectivity index (χ2n) is 6.41. The standard InChI is InChI=1S/C20H27N5S.HI/c1-4-21-20(23-10-8-17-13-26-15(3)25-17)22-9-7-16-12-24-19-11-14(2)5-6-18(16)19;/h5-6,11-13,24H,4,7-10H2,1-3H3,(H2,21,22,23);1H. The lowest BCUT2D eigenvalue weighted by Gasteiger charge is -2.11. The van der Waals surface area contributed by atoms with Gasteiger partial charge in [0.25, 0.3) is 0 Å². The summed E-state index contributed by atoms with van der Waals surface area (Å²) < 4.78 is 0. The zero-order chi connectivity index (χ0) is 18.4. The van der Waals surface area contributed by atoms with Crippen LogP contribution in [0.3, 0.4) is 0 Å². The molecule has 2 aromatic heterocycles. The van der Waals surface area contributed by atoms with Gasteiger partial charge in [-0.25, -0.2) is 4.98 Å². The zero-order valence-corrected chi connectivity index (χ0v) is 19.3. The lowest BCUT2D eigenvalue weighted by Crippen LogP contribution is -2.38. The summed E-state index contributed by atoms with van der Waals surface area (Å²) in [7, 11) is 0. The van der Waals surface area contributed by atoms with E-state index in [9.17, 15) is 0 Å². The molecule has 0 spiro atoms. The van der Waals surface area contributed by atoms with Gasteiger partial charge in [0, 0.05) is 48.5 Å². The van der Waals surface area contributed by atoms with Crippen LogP contribution >= 0.6 is 35.3 Å². The highest BCUT2D eigenvalue weighted by Gasteiger charge is 2.05. The number of guanidine groups is 1. The van der Waals surface area contributed by atoms with Gasteiger partial charge in [0.1, 0.15) is 0 Å². The molecular formula is C20H28IN5S. The van der Waals surface area contributed by atoms with Crippen LogP contribution in [0.15, 0.2) is 34.8 Å². The molecule has 5 nitrogen and oxygen atoms in total. The second-order valence-corrected chi connectivity index (χ2v) is 7.47. The highest BCUT2D eigenvalue weighted by Crippen LogP contribution is 2.19. The maximum atomic E-state index is 4.66. The van der Waals surface area contributed by atoms with Crippen molar-refractivity contribution in [2.75, 3.05) is 19.6 Å². The Morgan fingerprint density at radius 2 is 2.07 bits per heavy atom. The van der Waals surface area contributed by atoms with Crippen LogP contribution in [0, 0.1) is 13.8 Å². The third-order valence-corrected chi connectivity index (χ3v) is 5.08. The van der Waals surface area contributed by atoms with Crippen molar-refractivity contribution in [3.8, 4) is 0 Å². The number of aliphatic imine (C=N–C) groups is 1. The fourth-order valence-electron chi connectivity index (χ4n) is 2.97. The van der Waals surface area contributed by atoms with Crippen LogP contribution in [0.2, 0.25) is 0 Å². The molecular weight excluding hydrogens is 469 g/mol. The number of hydrogen-bond donors (Lipinski definition) is 3. The fraction of sp³-hybridized carbons (Fsp3) is 0.400. The minimum atomic E-state index is 0. The molecule has 0 fully saturated rings. The minimum Gasteiger partial charge on any atom is -0.361 e. The Kier molecular flexibility index (Phi) is 8.56. The minimum absolute atomic E-state index is 0. The summed E-state index contributed by atoms with van der Waals surface area (Å²) in [6.07, 6.45) is 3.95. The fourth-order valence-corrected chi connectivity index (χ4v) is 3.62. The van der Waals surface area contributed by atoms with Crippen molar-refractivity contribution in [3.63, 3.8) is 0 Å². The predicted molar refractivity (Wildman–Crippen MR) is 127 cm³/mol. The van der Waals surface area contributed by atoms with Crippen molar-refractivity contribution in [2.45, 2.75) is 33.6 Å². The molecule has 0 unspecified atom stereocenters. The van der Waals surface area contributed by atoms with Gasteiger partial charge in [-0.2, -0.15) is 0 Å². The third kappa shape index (κ3) is 6.21. The van der Waals surface area contributed by atoms with Gasteiger partial charge in [0.15, 0.2) is 5.96 Å². The van der Waals surface area contributed by atoms with Crippen LogP contribution in [0.1, 0.15) is 28.8 Å². The number of benzene rings is 1. The molecule has 0 saturated carbocycles. The monoisotopic (exact) mass is 497 g/mol. The van der Waals surface area contributed by atoms with Crippen molar-refractivity contribution >= 4 is 52.2 Å². The largest absolute Gasteiger partial charge is 0.361 e. The molecule has 0 aliphatic heterocycles. The highest BCUT2D eigenvalue weighted by molar-refractivity contribution is 14.0. The van der Waals surface area contributed by atoms with E-state index >= 15 is 0 Å². The smallest absolute Gasteiger partial charge is 0.191 e. The van der Waals surface area contributed by atoms with E-state index in [4.69, 9.17) is 0 Å². The first kappa shape index (κ1) is 21.7. The number of rotatable bonds is 7. The Morgan fingerprint density at radius 1 is 1.22 bits per heavy atom. The maximum absolute atomic E-state index is 4.66. The molecule has 3 N–H and O–H groups in total. The van der Waals surface area contributed by atoms with Crippen molar-refractivity contribution in [1.29, 1.82) is 0 Å². The second kappa shape index (κ2) is 10.7. The van der Waals surface area contributed by atoms with Crippen molar-refractivity contribution in [1.82, 2.24) is 20.6 Å². The molecule has 0 bridgehead atoms. The van der Waals surface area contributed by atoms with E-state index in [0.29, 0.717) is 0 Å². The summed E-state index contributed by atoms with van der Waals surface area (Å²) in [4.78, 5) is 12.5. The topological polar surface area (TPSA) is 65.1 Å². The van der Waals surface area contributed by atoms with Crippen molar-refractivity contribution in [2.24, 2.45) is 4.99 Å². The average Bonchev–Trinajstić information content (AvgIpc) is 3.21. The van der Waals surface area contributed by atoms with E-state index < -0.39 is 0 Å².